The molecule has 0 spiro atoms. The number of aliphatic imine (C=N–C) groups is 1. The molecule has 1 aromatic carbocycles. The smallest absolute Gasteiger partial charge is 0.165 e. The van der Waals surface area contributed by atoms with E-state index in [-0.39, 0.29) is 11.6 Å². The molecule has 0 saturated heterocycles. The fourth-order valence-corrected chi connectivity index (χ4v) is 1.55. The first-order chi connectivity index (χ1) is 7.29. The lowest BCUT2D eigenvalue weighted by Gasteiger charge is -2.08. The number of halogens is 1. The fraction of sp³-hybridized carbons (Fsp3) is 0.364. The molecule has 15 heavy (non-hydrogen) atoms. The average molecular weight is 208 g/mol. The van der Waals surface area contributed by atoms with Gasteiger partial charge in [0, 0.05) is 24.7 Å². The topological polar surface area (TPSA) is 33.6 Å². The molecule has 2 rings (SSSR count). The largest absolute Gasteiger partial charge is 0.494 e. The van der Waals surface area contributed by atoms with Crippen molar-refractivity contribution >= 4 is 11.5 Å². The Kier molecular flexibility index (Phi) is 2.85. The number of ether oxygens (including phenoxy) is 1. The summed E-state index contributed by atoms with van der Waals surface area (Å²) in [4.78, 5) is 4.28. The third-order valence-electron chi connectivity index (χ3n) is 2.31. The highest BCUT2D eigenvalue weighted by Crippen LogP contribution is 2.22. The number of benzene rings is 1. The predicted molar refractivity (Wildman–Crippen MR) is 58.1 cm³/mol. The Bertz CT molecular complexity index is 390. The second-order valence-electron chi connectivity index (χ2n) is 3.41. The number of hydrogen-bond acceptors (Lipinski definition) is 3. The second kappa shape index (κ2) is 4.29. The molecule has 1 heterocycles. The first kappa shape index (κ1) is 9.96. The van der Waals surface area contributed by atoms with E-state index in [4.69, 9.17) is 4.74 Å². The van der Waals surface area contributed by atoms with E-state index in [0.717, 1.165) is 30.9 Å². The van der Waals surface area contributed by atoms with Gasteiger partial charge in [0.2, 0.25) is 0 Å². The normalized spacial score (nSPS) is 14.9. The molecule has 0 aromatic heterocycles. The summed E-state index contributed by atoms with van der Waals surface area (Å²) < 4.78 is 18.0. The molecule has 80 valence electrons. The van der Waals surface area contributed by atoms with Gasteiger partial charge in [-0.15, -0.1) is 0 Å². The Labute approximate surface area is 88.0 Å². The van der Waals surface area contributed by atoms with E-state index in [1.165, 1.54) is 13.2 Å². The third kappa shape index (κ3) is 2.26. The molecular weight excluding hydrogens is 195 g/mol. The number of methoxy groups -OCH3 is 1. The van der Waals surface area contributed by atoms with Crippen molar-refractivity contribution in [1.82, 2.24) is 0 Å². The fourth-order valence-electron chi connectivity index (χ4n) is 1.55. The minimum atomic E-state index is -0.351. The van der Waals surface area contributed by atoms with Crippen LogP contribution in [0.2, 0.25) is 0 Å². The van der Waals surface area contributed by atoms with Gasteiger partial charge in [-0.05, 0) is 18.6 Å². The highest BCUT2D eigenvalue weighted by molar-refractivity contribution is 5.96. The van der Waals surface area contributed by atoms with Crippen LogP contribution in [0.1, 0.15) is 12.8 Å². The summed E-state index contributed by atoms with van der Waals surface area (Å²) >= 11 is 0. The molecule has 0 amide bonds. The van der Waals surface area contributed by atoms with Crippen LogP contribution in [0.15, 0.2) is 23.2 Å². The number of nitrogens with zero attached hydrogens (tertiary/aromatic N) is 1. The maximum Gasteiger partial charge on any atom is 0.165 e. The Hall–Kier alpha value is -1.58. The van der Waals surface area contributed by atoms with E-state index < -0.39 is 0 Å². The van der Waals surface area contributed by atoms with Gasteiger partial charge < -0.3 is 10.1 Å². The van der Waals surface area contributed by atoms with Crippen molar-refractivity contribution in [3.63, 3.8) is 0 Å². The minimum Gasteiger partial charge on any atom is -0.494 e. The van der Waals surface area contributed by atoms with Gasteiger partial charge in [-0.25, -0.2) is 4.39 Å². The molecule has 0 fully saturated rings. The first-order valence-electron chi connectivity index (χ1n) is 4.93. The van der Waals surface area contributed by atoms with Crippen molar-refractivity contribution in [1.29, 1.82) is 0 Å². The number of nitrogens with one attached hydrogen (secondary N) is 1. The van der Waals surface area contributed by atoms with Crippen molar-refractivity contribution in [3.8, 4) is 5.75 Å². The monoisotopic (exact) mass is 208 g/mol. The van der Waals surface area contributed by atoms with Gasteiger partial charge >= 0.3 is 0 Å². The van der Waals surface area contributed by atoms with Crippen LogP contribution >= 0.6 is 0 Å². The molecule has 1 aliphatic heterocycles. The lowest BCUT2D eigenvalue weighted by Crippen LogP contribution is -2.08. The van der Waals surface area contributed by atoms with Gasteiger partial charge in [0.25, 0.3) is 0 Å². The molecule has 0 aliphatic carbocycles. The Morgan fingerprint density at radius 1 is 1.47 bits per heavy atom. The van der Waals surface area contributed by atoms with Crippen molar-refractivity contribution in [2.45, 2.75) is 12.8 Å². The Morgan fingerprint density at radius 2 is 2.33 bits per heavy atom. The van der Waals surface area contributed by atoms with Crippen LogP contribution in [0, 0.1) is 5.82 Å². The van der Waals surface area contributed by atoms with Crippen LogP contribution in [0.3, 0.4) is 0 Å². The lowest BCUT2D eigenvalue weighted by molar-refractivity contribution is 0.387. The lowest BCUT2D eigenvalue weighted by atomic mass is 10.2. The SMILES string of the molecule is COc1cc(NC2=NCCC2)ccc1F. The van der Waals surface area contributed by atoms with E-state index >= 15 is 0 Å². The molecule has 1 aliphatic rings. The van der Waals surface area contributed by atoms with Gasteiger partial charge in [-0.2, -0.15) is 0 Å². The third-order valence-corrected chi connectivity index (χ3v) is 2.31. The zero-order valence-electron chi connectivity index (χ0n) is 8.59. The summed E-state index contributed by atoms with van der Waals surface area (Å²) in [6.45, 7) is 0.876. The highest BCUT2D eigenvalue weighted by atomic mass is 19.1. The van der Waals surface area contributed by atoms with Crippen LogP contribution in [-0.4, -0.2) is 19.5 Å². The van der Waals surface area contributed by atoms with Crippen LogP contribution in [0.25, 0.3) is 0 Å². The van der Waals surface area contributed by atoms with Crippen LogP contribution in [0.4, 0.5) is 10.1 Å². The van der Waals surface area contributed by atoms with E-state index in [0.29, 0.717) is 0 Å². The molecule has 0 bridgehead atoms. The highest BCUT2D eigenvalue weighted by Gasteiger charge is 2.08. The Morgan fingerprint density at radius 3 is 3.00 bits per heavy atom. The van der Waals surface area contributed by atoms with Gasteiger partial charge in [-0.1, -0.05) is 0 Å². The number of hydrogen-bond donors (Lipinski definition) is 1. The van der Waals surface area contributed by atoms with Gasteiger partial charge in [0.1, 0.15) is 5.84 Å². The molecule has 1 N–H and O–H groups in total. The number of anilines is 1. The summed E-state index contributed by atoms with van der Waals surface area (Å²) in [5, 5.41) is 3.15. The van der Waals surface area contributed by atoms with Crippen LogP contribution < -0.4 is 10.1 Å². The van der Waals surface area contributed by atoms with Crippen molar-refractivity contribution in [2.75, 3.05) is 19.0 Å². The summed E-state index contributed by atoms with van der Waals surface area (Å²) in [6.07, 6.45) is 2.04. The zero-order chi connectivity index (χ0) is 10.7. The summed E-state index contributed by atoms with van der Waals surface area (Å²) in [6, 6.07) is 4.70. The van der Waals surface area contributed by atoms with Crippen molar-refractivity contribution < 1.29 is 9.13 Å². The quantitative estimate of drug-likeness (QED) is 0.809. The number of amidine groups is 1. The molecule has 1 aromatic rings. The predicted octanol–water partition coefficient (Wildman–Crippen LogP) is 2.44. The standard InChI is InChI=1S/C11H13FN2O/c1-15-10-7-8(4-5-9(10)12)14-11-3-2-6-13-11/h4-5,7H,2-3,6H2,1H3,(H,13,14). The van der Waals surface area contributed by atoms with Crippen LogP contribution in [0.5, 0.6) is 5.75 Å². The zero-order valence-corrected chi connectivity index (χ0v) is 8.59. The van der Waals surface area contributed by atoms with Gasteiger partial charge in [-0.3, -0.25) is 4.99 Å². The van der Waals surface area contributed by atoms with E-state index in [2.05, 4.69) is 10.3 Å². The summed E-state index contributed by atoms with van der Waals surface area (Å²) in [5.74, 6) is 0.860. The molecular formula is C11H13FN2O. The molecule has 0 atom stereocenters. The second-order valence-corrected chi connectivity index (χ2v) is 3.41. The maximum atomic E-state index is 13.1. The molecule has 4 heteroatoms. The molecule has 0 radical (unpaired) electrons. The maximum absolute atomic E-state index is 13.1. The van der Waals surface area contributed by atoms with E-state index in [1.54, 1.807) is 12.1 Å². The van der Waals surface area contributed by atoms with Crippen molar-refractivity contribution in [2.24, 2.45) is 4.99 Å². The first-order valence-corrected chi connectivity index (χ1v) is 4.93. The van der Waals surface area contributed by atoms with Gasteiger partial charge in [0.15, 0.2) is 11.6 Å². The summed E-state index contributed by atoms with van der Waals surface area (Å²) in [5.41, 5.74) is 0.814. The molecule has 0 saturated carbocycles. The minimum absolute atomic E-state index is 0.249. The van der Waals surface area contributed by atoms with E-state index in [1.807, 2.05) is 0 Å². The Balaban J connectivity index is 2.14. The van der Waals surface area contributed by atoms with E-state index in [9.17, 15) is 4.39 Å². The van der Waals surface area contributed by atoms with Crippen molar-refractivity contribution in [3.05, 3.63) is 24.0 Å². The molecule has 0 unspecified atom stereocenters. The van der Waals surface area contributed by atoms with Gasteiger partial charge in [0.05, 0.1) is 7.11 Å². The van der Waals surface area contributed by atoms with Crippen LogP contribution in [-0.2, 0) is 0 Å². The number of rotatable bonds is 2. The average Bonchev–Trinajstić information content (AvgIpc) is 2.73. The summed E-state index contributed by atoms with van der Waals surface area (Å²) in [7, 11) is 1.45. The molecule has 3 nitrogen and oxygen atoms in total.